The number of esters is 1. The van der Waals surface area contributed by atoms with E-state index in [4.69, 9.17) is 17.0 Å². The van der Waals surface area contributed by atoms with Crippen LogP contribution in [0.5, 0.6) is 0 Å². The van der Waals surface area contributed by atoms with Crippen molar-refractivity contribution in [1.29, 1.82) is 0 Å². The normalized spacial score (nSPS) is 17.1. The van der Waals surface area contributed by atoms with Crippen LogP contribution in [-0.4, -0.2) is 27.7 Å². The highest BCUT2D eigenvalue weighted by atomic mass is 32.1. The lowest BCUT2D eigenvalue weighted by Gasteiger charge is -2.28. The molecule has 6 nitrogen and oxygen atoms in total. The molecule has 1 fully saturated rings. The number of hydrogen-bond donors (Lipinski definition) is 1. The Balaban J connectivity index is 1.61. The molecule has 0 unspecified atom stereocenters. The number of hydrogen-bond acceptors (Lipinski definition) is 4. The molecule has 2 aromatic carbocycles. The van der Waals surface area contributed by atoms with Gasteiger partial charge in [-0.2, -0.15) is 0 Å². The zero-order chi connectivity index (χ0) is 27.0. The molecule has 0 amide bonds. The van der Waals surface area contributed by atoms with Crippen LogP contribution in [-0.2, 0) is 4.74 Å². The Hall–Kier alpha value is -3.97. The second kappa shape index (κ2) is 10.4. The number of carbonyl (C=O) groups is 1. The Labute approximate surface area is 229 Å². The number of carbonyl (C=O) groups excluding carboxylic acids is 1. The van der Waals surface area contributed by atoms with Gasteiger partial charge in [-0.25, -0.2) is 4.79 Å². The molecule has 3 heterocycles. The number of anilines is 1. The van der Waals surface area contributed by atoms with Crippen LogP contribution in [0.1, 0.15) is 70.4 Å². The standard InChI is InChI=1S/C31H32N4O2S/c1-19(2)22-9-13-25(14-10-22)35-29(28(33-31(35)38)27-8-6-7-17-32-27)26-18-20(3)34(21(26)4)24-15-11-23(12-16-24)30(36)37-5/h6-19,28-29H,1-5H3,(H,33,38)/t28-,29-/m1/s1. The van der Waals surface area contributed by atoms with Crippen molar-refractivity contribution in [3.63, 3.8) is 0 Å². The molecule has 0 radical (unpaired) electrons. The van der Waals surface area contributed by atoms with Gasteiger partial charge in [-0.15, -0.1) is 0 Å². The van der Waals surface area contributed by atoms with Gasteiger partial charge in [0.25, 0.3) is 0 Å². The maximum absolute atomic E-state index is 11.9. The van der Waals surface area contributed by atoms with Gasteiger partial charge in [0.05, 0.1) is 30.5 Å². The van der Waals surface area contributed by atoms with E-state index in [1.54, 1.807) is 12.1 Å². The zero-order valence-electron chi connectivity index (χ0n) is 22.3. The number of rotatable bonds is 6. The summed E-state index contributed by atoms with van der Waals surface area (Å²) >= 11 is 5.92. The number of nitrogens with one attached hydrogen (secondary N) is 1. The molecule has 0 aliphatic carbocycles. The summed E-state index contributed by atoms with van der Waals surface area (Å²) in [5, 5.41) is 4.24. The van der Waals surface area contributed by atoms with Crippen molar-refractivity contribution in [2.24, 2.45) is 0 Å². The van der Waals surface area contributed by atoms with Crippen LogP contribution in [0.25, 0.3) is 5.69 Å². The van der Waals surface area contributed by atoms with Crippen LogP contribution in [0, 0.1) is 13.8 Å². The molecular weight excluding hydrogens is 492 g/mol. The highest BCUT2D eigenvalue weighted by Gasteiger charge is 2.42. The molecular formula is C31H32N4O2S. The average molecular weight is 525 g/mol. The predicted octanol–water partition coefficient (Wildman–Crippen LogP) is 6.58. The third-order valence-corrected chi connectivity index (χ3v) is 7.59. The van der Waals surface area contributed by atoms with Crippen molar-refractivity contribution in [1.82, 2.24) is 14.9 Å². The summed E-state index contributed by atoms with van der Waals surface area (Å²) in [4.78, 5) is 18.8. The smallest absolute Gasteiger partial charge is 0.337 e. The first-order chi connectivity index (χ1) is 18.3. The minimum Gasteiger partial charge on any atom is -0.465 e. The molecule has 2 atom stereocenters. The fourth-order valence-electron chi connectivity index (χ4n) is 5.32. The van der Waals surface area contributed by atoms with Gasteiger partial charge in [0.1, 0.15) is 0 Å². The summed E-state index contributed by atoms with van der Waals surface area (Å²) in [5.74, 6) is 0.107. The molecule has 194 valence electrons. The van der Waals surface area contributed by atoms with E-state index in [9.17, 15) is 4.79 Å². The van der Waals surface area contributed by atoms with E-state index in [1.807, 2.05) is 36.5 Å². The number of ether oxygens (including phenoxy) is 1. The highest BCUT2D eigenvalue weighted by Crippen LogP contribution is 2.44. The van der Waals surface area contributed by atoms with E-state index >= 15 is 0 Å². The second-order valence-corrected chi connectivity index (χ2v) is 10.3. The first-order valence-corrected chi connectivity index (χ1v) is 13.2. The first kappa shape index (κ1) is 25.7. The molecule has 1 aliphatic rings. The number of nitrogens with zero attached hydrogens (tertiary/aromatic N) is 3. The number of aryl methyl sites for hydroxylation is 1. The minimum atomic E-state index is -0.346. The number of methoxy groups -OCH3 is 1. The molecule has 0 bridgehead atoms. The number of benzene rings is 2. The topological polar surface area (TPSA) is 59.4 Å². The van der Waals surface area contributed by atoms with Crippen LogP contribution in [0.15, 0.2) is 79.0 Å². The molecule has 38 heavy (non-hydrogen) atoms. The van der Waals surface area contributed by atoms with Gasteiger partial charge in [0, 0.05) is 29.0 Å². The largest absolute Gasteiger partial charge is 0.465 e. The van der Waals surface area contributed by atoms with Gasteiger partial charge in [0.2, 0.25) is 0 Å². The molecule has 2 aromatic heterocycles. The van der Waals surface area contributed by atoms with Crippen molar-refractivity contribution in [3.05, 3.63) is 113 Å². The van der Waals surface area contributed by atoms with Crippen molar-refractivity contribution < 1.29 is 9.53 Å². The number of aromatic nitrogens is 2. The lowest BCUT2D eigenvalue weighted by atomic mass is 9.96. The number of pyridine rings is 1. The van der Waals surface area contributed by atoms with Crippen LogP contribution < -0.4 is 10.2 Å². The minimum absolute atomic E-state index is 0.100. The van der Waals surface area contributed by atoms with E-state index < -0.39 is 0 Å². The SMILES string of the molecule is COC(=O)c1ccc(-n2c(C)cc([C@@H]3[C@@H](c4ccccn4)NC(=S)N3c3ccc(C(C)C)cc3)c2C)cc1. The third-order valence-electron chi connectivity index (χ3n) is 7.27. The molecule has 7 heteroatoms. The van der Waals surface area contributed by atoms with E-state index in [0.717, 1.165) is 34.0 Å². The summed E-state index contributed by atoms with van der Waals surface area (Å²) in [6.45, 7) is 8.63. The van der Waals surface area contributed by atoms with E-state index in [-0.39, 0.29) is 18.1 Å². The van der Waals surface area contributed by atoms with Crippen molar-refractivity contribution >= 4 is 29.0 Å². The van der Waals surface area contributed by atoms with Gasteiger partial charge in [-0.05, 0) is 97.7 Å². The molecule has 4 aromatic rings. The summed E-state index contributed by atoms with van der Waals surface area (Å²) in [7, 11) is 1.39. The van der Waals surface area contributed by atoms with Gasteiger partial charge in [-0.1, -0.05) is 32.0 Å². The fraction of sp³-hybridized carbons (Fsp3) is 0.258. The van der Waals surface area contributed by atoms with Gasteiger partial charge in [0.15, 0.2) is 5.11 Å². The van der Waals surface area contributed by atoms with Crippen molar-refractivity contribution in [2.75, 3.05) is 12.0 Å². The van der Waals surface area contributed by atoms with Gasteiger partial charge < -0.3 is 19.5 Å². The molecule has 5 rings (SSSR count). The van der Waals surface area contributed by atoms with Crippen LogP contribution >= 0.6 is 12.2 Å². The van der Waals surface area contributed by atoms with Gasteiger partial charge in [-0.3, -0.25) is 4.98 Å². The Morgan fingerprint density at radius 3 is 2.29 bits per heavy atom. The fourth-order valence-corrected chi connectivity index (χ4v) is 5.66. The first-order valence-electron chi connectivity index (χ1n) is 12.8. The second-order valence-electron chi connectivity index (χ2n) is 9.94. The van der Waals surface area contributed by atoms with E-state index in [1.165, 1.54) is 12.7 Å². The lowest BCUT2D eigenvalue weighted by molar-refractivity contribution is 0.0600. The summed E-state index contributed by atoms with van der Waals surface area (Å²) in [6, 6.07) is 24.2. The lowest BCUT2D eigenvalue weighted by Crippen LogP contribution is -2.29. The van der Waals surface area contributed by atoms with Crippen LogP contribution in [0.2, 0.25) is 0 Å². The molecule has 1 saturated heterocycles. The Morgan fingerprint density at radius 1 is 1.00 bits per heavy atom. The van der Waals surface area contributed by atoms with Gasteiger partial charge >= 0.3 is 5.97 Å². The summed E-state index contributed by atoms with van der Waals surface area (Å²) in [5.41, 5.74) is 8.14. The number of thiocarbonyl (C=S) groups is 1. The van der Waals surface area contributed by atoms with Crippen molar-refractivity contribution in [3.8, 4) is 5.69 Å². The molecule has 1 N–H and O–H groups in total. The van der Waals surface area contributed by atoms with Crippen LogP contribution in [0.4, 0.5) is 5.69 Å². The average Bonchev–Trinajstić information content (AvgIpc) is 3.43. The van der Waals surface area contributed by atoms with Crippen LogP contribution in [0.3, 0.4) is 0 Å². The van der Waals surface area contributed by atoms with Crippen molar-refractivity contribution in [2.45, 2.75) is 45.7 Å². The monoisotopic (exact) mass is 524 g/mol. The third kappa shape index (κ3) is 4.58. The maximum atomic E-state index is 11.9. The summed E-state index contributed by atoms with van der Waals surface area (Å²) in [6.07, 6.45) is 1.82. The Kier molecular flexibility index (Phi) is 7.04. The zero-order valence-corrected chi connectivity index (χ0v) is 23.1. The van der Waals surface area contributed by atoms with E-state index in [0.29, 0.717) is 16.6 Å². The Bertz CT molecular complexity index is 1460. The highest BCUT2D eigenvalue weighted by molar-refractivity contribution is 7.80. The molecule has 1 aliphatic heterocycles. The molecule has 0 spiro atoms. The predicted molar refractivity (Wildman–Crippen MR) is 155 cm³/mol. The molecule has 0 saturated carbocycles. The maximum Gasteiger partial charge on any atom is 0.337 e. The Morgan fingerprint density at radius 2 is 1.68 bits per heavy atom. The van der Waals surface area contributed by atoms with E-state index in [2.05, 4.69) is 77.8 Å². The summed E-state index contributed by atoms with van der Waals surface area (Å²) < 4.78 is 7.08. The quantitative estimate of drug-likeness (QED) is 0.227.